The molecule has 0 N–H and O–H groups in total. The van der Waals surface area contributed by atoms with Crippen LogP contribution < -0.4 is 0 Å². The lowest BCUT2D eigenvalue weighted by molar-refractivity contribution is 0.0547. The fraction of sp³-hybridized carbons (Fsp3) is 1.00. The van der Waals surface area contributed by atoms with Crippen LogP contribution in [0.1, 0.15) is 0 Å². The fourth-order valence-electron chi connectivity index (χ4n) is 5.67. The second-order valence-corrected chi connectivity index (χ2v) is 18.8. The molecule has 7 heterocycles. The van der Waals surface area contributed by atoms with Crippen molar-refractivity contribution < 1.29 is 18.9 Å². The molecular weight excluding hydrogens is 523 g/mol. The molecule has 0 amide bonds. The van der Waals surface area contributed by atoms with Crippen molar-refractivity contribution in [2.75, 3.05) is 131 Å². The molecule has 0 bridgehead atoms. The summed E-state index contributed by atoms with van der Waals surface area (Å²) in [4.78, 5) is 0. The molecule has 0 aromatic heterocycles. The van der Waals surface area contributed by atoms with Crippen LogP contribution in [0.2, 0.25) is 0 Å². The Balaban J connectivity index is 1.50. The van der Waals surface area contributed by atoms with Gasteiger partial charge in [-0.15, -0.1) is 0 Å². The minimum absolute atomic E-state index is 0.744. The third-order valence-corrected chi connectivity index (χ3v) is 20.5. The quantitative estimate of drug-likeness (QED) is 0.352. The lowest BCUT2D eigenvalue weighted by Gasteiger charge is -2.52. The number of nitrogens with zero attached hydrogens (tertiary/aromatic N) is 9. The Hall–Kier alpha value is 0.290. The number of hydrogen-bond donors (Lipinski definition) is 0. The molecule has 0 radical (unpaired) electrons. The van der Waals surface area contributed by atoms with E-state index in [0.29, 0.717) is 0 Å². The van der Waals surface area contributed by atoms with Crippen molar-refractivity contribution >= 4 is 22.5 Å². The lowest BCUT2D eigenvalue weighted by Crippen LogP contribution is -2.45. The van der Waals surface area contributed by atoms with E-state index in [0.717, 1.165) is 131 Å². The summed E-state index contributed by atoms with van der Waals surface area (Å²) in [6.45, 7) is 17.4. The summed E-state index contributed by atoms with van der Waals surface area (Å²) in [5.74, 6) is 0. The highest BCUT2D eigenvalue weighted by molar-refractivity contribution is 7.83. The number of morpholine rings is 4. The van der Waals surface area contributed by atoms with Crippen LogP contribution >= 0.6 is 22.5 Å². The Bertz CT molecular complexity index is 883. The Morgan fingerprint density at radius 3 is 0.694 bits per heavy atom. The summed E-state index contributed by atoms with van der Waals surface area (Å²) in [5.41, 5.74) is 0. The SMILES string of the molecule is C1CN(P2(N3CCOCC3)=NP(N3CCOCC3)(N3CCOCC3)=NP(N3CC3)(N3CC3)=N2)CCO1. The van der Waals surface area contributed by atoms with E-state index >= 15 is 0 Å². The second kappa shape index (κ2) is 10.4. The molecule has 7 aliphatic heterocycles. The van der Waals surface area contributed by atoms with E-state index in [9.17, 15) is 0 Å². The molecular formula is C20H40N9O4P3. The molecule has 13 nitrogen and oxygen atoms in total. The monoisotopic (exact) mass is 563 g/mol. The van der Waals surface area contributed by atoms with Crippen molar-refractivity contribution in [3.8, 4) is 0 Å². The van der Waals surface area contributed by atoms with Crippen molar-refractivity contribution in [3.05, 3.63) is 0 Å². The van der Waals surface area contributed by atoms with Gasteiger partial charge in [-0.25, -0.2) is 28.0 Å². The fourth-order valence-corrected chi connectivity index (χ4v) is 21.5. The molecule has 0 aromatic carbocycles. The number of hydrogen-bond acceptors (Lipinski definition) is 13. The Kier molecular flexibility index (Phi) is 7.27. The summed E-state index contributed by atoms with van der Waals surface area (Å²) < 4.78 is 57.2. The Labute approximate surface area is 214 Å². The van der Waals surface area contributed by atoms with E-state index in [1.165, 1.54) is 0 Å². The van der Waals surface area contributed by atoms with Crippen LogP contribution in [0.5, 0.6) is 0 Å². The maximum atomic E-state index is 6.10. The van der Waals surface area contributed by atoms with Crippen molar-refractivity contribution in [1.82, 2.24) is 28.0 Å². The average Bonchev–Trinajstić information content (AvgIpc) is 3.87. The van der Waals surface area contributed by atoms with Crippen LogP contribution in [-0.4, -0.2) is 159 Å². The van der Waals surface area contributed by atoms with Gasteiger partial charge in [-0.1, -0.05) is 0 Å². The van der Waals surface area contributed by atoms with Crippen molar-refractivity contribution in [2.45, 2.75) is 0 Å². The van der Waals surface area contributed by atoms with Gasteiger partial charge in [0, 0.05) is 78.5 Å². The largest absolute Gasteiger partial charge is 0.379 e. The molecule has 7 aliphatic rings. The molecule has 16 heteroatoms. The highest BCUT2D eigenvalue weighted by atomic mass is 31.3. The first-order chi connectivity index (χ1) is 17.8. The molecule has 7 rings (SSSR count). The first kappa shape index (κ1) is 25.3. The van der Waals surface area contributed by atoms with Crippen LogP contribution in [-0.2, 0) is 18.9 Å². The molecule has 0 unspecified atom stereocenters. The number of rotatable bonds is 6. The average molecular weight is 564 g/mol. The number of ether oxygens (including phenoxy) is 4. The zero-order valence-electron chi connectivity index (χ0n) is 21.1. The van der Waals surface area contributed by atoms with Gasteiger partial charge in [-0.05, 0) is 0 Å². The van der Waals surface area contributed by atoms with Crippen molar-refractivity contribution in [2.24, 2.45) is 13.5 Å². The van der Waals surface area contributed by atoms with Crippen molar-refractivity contribution in [1.29, 1.82) is 0 Å². The standard InChI is InChI=1S/C20H40N9O4P3/c1-2-24(1)34(25-3-4-25)21-35(26-5-13-30-14-6-26,27-7-15-31-16-8-27)23-36(22-34,28-9-17-32-18-10-28)29-11-19-33-20-12-29/h1-20H2. The molecule has 0 spiro atoms. The molecule has 0 saturated carbocycles. The van der Waals surface area contributed by atoms with Gasteiger partial charge in [-0.2, -0.15) is 13.5 Å². The maximum Gasteiger partial charge on any atom is 0.221 e. The van der Waals surface area contributed by atoms with Crippen LogP contribution in [0.15, 0.2) is 13.5 Å². The highest BCUT2D eigenvalue weighted by Gasteiger charge is 2.56. The van der Waals surface area contributed by atoms with Gasteiger partial charge >= 0.3 is 0 Å². The lowest BCUT2D eigenvalue weighted by atomic mass is 10.5. The summed E-state index contributed by atoms with van der Waals surface area (Å²) in [6, 6.07) is 0. The molecule has 0 atom stereocenters. The molecule has 0 aromatic rings. The van der Waals surface area contributed by atoms with Gasteiger partial charge in [-0.3, -0.25) is 0 Å². The third-order valence-electron chi connectivity index (χ3n) is 7.79. The van der Waals surface area contributed by atoms with Gasteiger partial charge in [0.2, 0.25) is 22.5 Å². The van der Waals surface area contributed by atoms with E-state index < -0.39 is 22.5 Å². The molecule has 204 valence electrons. The van der Waals surface area contributed by atoms with Gasteiger partial charge in [0.25, 0.3) is 0 Å². The minimum Gasteiger partial charge on any atom is -0.379 e. The first-order valence-corrected chi connectivity index (χ1v) is 18.3. The van der Waals surface area contributed by atoms with Gasteiger partial charge < -0.3 is 18.9 Å². The topological polar surface area (TPSA) is 93.0 Å². The summed E-state index contributed by atoms with van der Waals surface area (Å²) in [6.07, 6.45) is 0. The van der Waals surface area contributed by atoms with E-state index in [-0.39, 0.29) is 0 Å². The maximum absolute atomic E-state index is 6.10. The predicted octanol–water partition coefficient (Wildman–Crippen LogP) is 1.80. The normalized spacial score (nSPS) is 34.3. The van der Waals surface area contributed by atoms with Crippen LogP contribution in [0.25, 0.3) is 0 Å². The van der Waals surface area contributed by atoms with E-state index in [2.05, 4.69) is 28.0 Å². The van der Waals surface area contributed by atoms with Crippen LogP contribution in [0.3, 0.4) is 0 Å². The molecule has 0 aliphatic carbocycles. The highest BCUT2D eigenvalue weighted by Crippen LogP contribution is 2.85. The first-order valence-electron chi connectivity index (χ1n) is 13.5. The Morgan fingerprint density at radius 2 is 0.500 bits per heavy atom. The minimum atomic E-state index is -2.43. The Morgan fingerprint density at radius 1 is 0.306 bits per heavy atom. The summed E-state index contributed by atoms with van der Waals surface area (Å²) in [7, 11) is -7.09. The molecule has 6 saturated heterocycles. The van der Waals surface area contributed by atoms with Gasteiger partial charge in [0.15, 0.2) is 0 Å². The molecule has 6 fully saturated rings. The van der Waals surface area contributed by atoms with Gasteiger partial charge in [0.05, 0.1) is 52.9 Å². The zero-order valence-corrected chi connectivity index (χ0v) is 23.8. The predicted molar refractivity (Wildman–Crippen MR) is 141 cm³/mol. The third kappa shape index (κ3) is 4.46. The second-order valence-electron chi connectivity index (χ2n) is 10.0. The molecule has 36 heavy (non-hydrogen) atoms. The van der Waals surface area contributed by atoms with Gasteiger partial charge in [0.1, 0.15) is 0 Å². The van der Waals surface area contributed by atoms with Crippen molar-refractivity contribution in [3.63, 3.8) is 0 Å². The van der Waals surface area contributed by atoms with E-state index in [4.69, 9.17) is 32.5 Å². The van der Waals surface area contributed by atoms with E-state index in [1.807, 2.05) is 0 Å². The van der Waals surface area contributed by atoms with E-state index in [1.54, 1.807) is 0 Å². The summed E-state index contributed by atoms with van der Waals surface area (Å²) in [5, 5.41) is 0. The zero-order chi connectivity index (χ0) is 24.1. The van der Waals surface area contributed by atoms with Crippen LogP contribution in [0, 0.1) is 0 Å². The van der Waals surface area contributed by atoms with Crippen LogP contribution in [0.4, 0.5) is 0 Å². The smallest absolute Gasteiger partial charge is 0.221 e. The summed E-state index contributed by atoms with van der Waals surface area (Å²) >= 11 is 0.